The third-order valence-electron chi connectivity index (χ3n) is 4.72. The highest BCUT2D eigenvalue weighted by atomic mass is 32.2. The van der Waals surface area contributed by atoms with Gasteiger partial charge in [0.2, 0.25) is 5.91 Å². The summed E-state index contributed by atoms with van der Waals surface area (Å²) < 4.78 is 18.4. The molecule has 1 N–H and O–H groups in total. The molecule has 7 nitrogen and oxygen atoms in total. The zero-order valence-electron chi connectivity index (χ0n) is 16.8. The SMILES string of the molecule is COCCn1c(SCC(=O)N[C@@H](C)c2ccc3c(c2)OCCO3)nc(C)c1C. The fourth-order valence-corrected chi connectivity index (χ4v) is 3.93. The van der Waals surface area contributed by atoms with E-state index < -0.39 is 0 Å². The molecule has 0 aliphatic carbocycles. The van der Waals surface area contributed by atoms with Crippen molar-refractivity contribution >= 4 is 17.7 Å². The highest BCUT2D eigenvalue weighted by molar-refractivity contribution is 7.99. The van der Waals surface area contributed by atoms with Crippen LogP contribution in [-0.2, 0) is 16.1 Å². The van der Waals surface area contributed by atoms with Crippen LogP contribution in [0.5, 0.6) is 11.5 Å². The third-order valence-corrected chi connectivity index (χ3v) is 5.69. The number of imidazole rings is 1. The zero-order valence-corrected chi connectivity index (χ0v) is 17.6. The summed E-state index contributed by atoms with van der Waals surface area (Å²) in [4.78, 5) is 17.0. The van der Waals surface area contributed by atoms with Gasteiger partial charge in [-0.05, 0) is 38.5 Å². The molecule has 8 heteroatoms. The average Bonchev–Trinajstić information content (AvgIpc) is 2.97. The minimum Gasteiger partial charge on any atom is -0.486 e. The first-order chi connectivity index (χ1) is 13.5. The van der Waals surface area contributed by atoms with Crippen LogP contribution in [0.2, 0.25) is 0 Å². The Morgan fingerprint density at radius 1 is 1.32 bits per heavy atom. The molecule has 1 aliphatic rings. The topological polar surface area (TPSA) is 74.6 Å². The summed E-state index contributed by atoms with van der Waals surface area (Å²) in [5, 5.41) is 3.88. The number of nitrogens with zero attached hydrogens (tertiary/aromatic N) is 2. The monoisotopic (exact) mass is 405 g/mol. The van der Waals surface area contributed by atoms with Gasteiger partial charge in [-0.25, -0.2) is 4.98 Å². The second-order valence-electron chi connectivity index (χ2n) is 6.69. The lowest BCUT2D eigenvalue weighted by atomic mass is 10.1. The largest absolute Gasteiger partial charge is 0.486 e. The van der Waals surface area contributed by atoms with Crippen molar-refractivity contribution in [1.82, 2.24) is 14.9 Å². The summed E-state index contributed by atoms with van der Waals surface area (Å²) in [5.74, 6) is 1.74. The van der Waals surface area contributed by atoms with E-state index in [-0.39, 0.29) is 11.9 Å². The fraction of sp³-hybridized carbons (Fsp3) is 0.500. The molecule has 1 atom stereocenters. The van der Waals surface area contributed by atoms with Gasteiger partial charge >= 0.3 is 0 Å². The van der Waals surface area contributed by atoms with E-state index in [0.29, 0.717) is 25.6 Å². The van der Waals surface area contributed by atoms with Gasteiger partial charge in [0.25, 0.3) is 0 Å². The number of benzene rings is 1. The maximum absolute atomic E-state index is 12.5. The van der Waals surface area contributed by atoms with Crippen LogP contribution < -0.4 is 14.8 Å². The van der Waals surface area contributed by atoms with Crippen molar-refractivity contribution in [1.29, 1.82) is 0 Å². The van der Waals surface area contributed by atoms with Crippen molar-refractivity contribution in [3.63, 3.8) is 0 Å². The number of methoxy groups -OCH3 is 1. The number of aromatic nitrogens is 2. The molecule has 2 aromatic rings. The van der Waals surface area contributed by atoms with Crippen LogP contribution in [0.15, 0.2) is 23.4 Å². The smallest absolute Gasteiger partial charge is 0.230 e. The summed E-state index contributed by atoms with van der Waals surface area (Å²) in [6.45, 7) is 8.41. The van der Waals surface area contributed by atoms with E-state index in [2.05, 4.69) is 14.9 Å². The molecule has 1 aliphatic heterocycles. The van der Waals surface area contributed by atoms with Gasteiger partial charge in [-0.3, -0.25) is 4.79 Å². The van der Waals surface area contributed by atoms with Crippen molar-refractivity contribution < 1.29 is 19.0 Å². The number of amides is 1. The van der Waals surface area contributed by atoms with Gasteiger partial charge in [0.1, 0.15) is 13.2 Å². The predicted molar refractivity (Wildman–Crippen MR) is 108 cm³/mol. The maximum Gasteiger partial charge on any atom is 0.230 e. The fourth-order valence-electron chi connectivity index (χ4n) is 3.01. The van der Waals surface area contributed by atoms with Crippen LogP contribution in [0.1, 0.15) is 29.9 Å². The Hall–Kier alpha value is -2.19. The molecule has 152 valence electrons. The van der Waals surface area contributed by atoms with E-state index in [1.54, 1.807) is 7.11 Å². The summed E-state index contributed by atoms with van der Waals surface area (Å²) in [6.07, 6.45) is 0. The van der Waals surface area contributed by atoms with Gasteiger partial charge in [-0.15, -0.1) is 0 Å². The van der Waals surface area contributed by atoms with E-state index in [1.165, 1.54) is 11.8 Å². The van der Waals surface area contributed by atoms with Gasteiger partial charge in [-0.1, -0.05) is 17.8 Å². The number of ether oxygens (including phenoxy) is 3. The van der Waals surface area contributed by atoms with Crippen LogP contribution >= 0.6 is 11.8 Å². The summed E-state index contributed by atoms with van der Waals surface area (Å²) in [6, 6.07) is 5.65. The van der Waals surface area contributed by atoms with Gasteiger partial charge in [0.15, 0.2) is 16.7 Å². The Bertz CT molecular complexity index is 837. The van der Waals surface area contributed by atoms with Gasteiger partial charge in [0, 0.05) is 19.3 Å². The lowest BCUT2D eigenvalue weighted by Gasteiger charge is -2.21. The highest BCUT2D eigenvalue weighted by Gasteiger charge is 2.17. The number of hydrogen-bond acceptors (Lipinski definition) is 6. The van der Waals surface area contributed by atoms with E-state index in [4.69, 9.17) is 14.2 Å². The van der Waals surface area contributed by atoms with Gasteiger partial charge in [-0.2, -0.15) is 0 Å². The first-order valence-corrected chi connectivity index (χ1v) is 10.3. The Balaban J connectivity index is 1.58. The van der Waals surface area contributed by atoms with Crippen LogP contribution in [0.3, 0.4) is 0 Å². The standard InChI is InChI=1S/C20H27N3O4S/c1-13-15(3)23(7-8-25-4)20(22-13)28-12-19(24)21-14(2)16-5-6-17-18(11-16)27-10-9-26-17/h5-6,11,14H,7-10,12H2,1-4H3,(H,21,24)/t14-/m0/s1. The molecule has 0 bridgehead atoms. The predicted octanol–water partition coefficient (Wildman–Crippen LogP) is 2.89. The molecular formula is C20H27N3O4S. The normalized spacial score (nSPS) is 14.0. The molecule has 0 fully saturated rings. The minimum absolute atomic E-state index is 0.0380. The number of nitrogens with one attached hydrogen (secondary N) is 1. The van der Waals surface area contributed by atoms with Gasteiger partial charge in [0.05, 0.1) is 24.1 Å². The Morgan fingerprint density at radius 3 is 2.82 bits per heavy atom. The molecular weight excluding hydrogens is 378 g/mol. The lowest BCUT2D eigenvalue weighted by molar-refractivity contribution is -0.119. The molecule has 0 radical (unpaired) electrons. The van der Waals surface area contributed by atoms with Crippen LogP contribution in [0.4, 0.5) is 0 Å². The Morgan fingerprint density at radius 2 is 2.07 bits per heavy atom. The summed E-state index contributed by atoms with van der Waals surface area (Å²) in [7, 11) is 1.68. The molecule has 3 rings (SSSR count). The number of rotatable bonds is 8. The Kier molecular flexibility index (Phi) is 6.85. The molecule has 1 amide bonds. The molecule has 28 heavy (non-hydrogen) atoms. The first-order valence-electron chi connectivity index (χ1n) is 9.34. The van der Waals surface area contributed by atoms with Crippen LogP contribution in [0.25, 0.3) is 0 Å². The third kappa shape index (κ3) is 4.80. The number of carbonyl (C=O) groups excluding carboxylic acids is 1. The number of aryl methyl sites for hydroxylation is 1. The summed E-state index contributed by atoms with van der Waals surface area (Å²) in [5.41, 5.74) is 3.06. The minimum atomic E-state index is -0.124. The van der Waals surface area contributed by atoms with Crippen molar-refractivity contribution in [2.24, 2.45) is 0 Å². The van der Waals surface area contributed by atoms with Gasteiger partial charge < -0.3 is 24.1 Å². The number of fused-ring (bicyclic) bond motifs is 1. The average molecular weight is 406 g/mol. The first kappa shape index (κ1) is 20.5. The summed E-state index contributed by atoms with van der Waals surface area (Å²) >= 11 is 1.44. The second-order valence-corrected chi connectivity index (χ2v) is 7.63. The lowest BCUT2D eigenvalue weighted by Crippen LogP contribution is -2.28. The van der Waals surface area contributed by atoms with Crippen molar-refractivity contribution in [2.75, 3.05) is 32.7 Å². The second kappa shape index (κ2) is 9.34. The van der Waals surface area contributed by atoms with E-state index in [9.17, 15) is 4.79 Å². The van der Waals surface area contributed by atoms with Crippen LogP contribution in [0, 0.1) is 13.8 Å². The number of carbonyl (C=O) groups is 1. The molecule has 1 aromatic heterocycles. The molecule has 0 unspecified atom stereocenters. The molecule has 2 heterocycles. The Labute approximate surface area is 169 Å². The van der Waals surface area contributed by atoms with E-state index in [0.717, 1.165) is 40.2 Å². The molecule has 0 saturated heterocycles. The highest BCUT2D eigenvalue weighted by Crippen LogP contribution is 2.32. The molecule has 0 spiro atoms. The molecule has 0 saturated carbocycles. The van der Waals surface area contributed by atoms with Crippen molar-refractivity contribution in [3.8, 4) is 11.5 Å². The van der Waals surface area contributed by atoms with Crippen molar-refractivity contribution in [3.05, 3.63) is 35.2 Å². The van der Waals surface area contributed by atoms with Crippen molar-refractivity contribution in [2.45, 2.75) is 38.5 Å². The number of hydrogen-bond donors (Lipinski definition) is 1. The van der Waals surface area contributed by atoms with E-state index in [1.807, 2.05) is 39.0 Å². The number of thioether (sulfide) groups is 1. The maximum atomic E-state index is 12.5. The zero-order chi connectivity index (χ0) is 20.1. The van der Waals surface area contributed by atoms with E-state index >= 15 is 0 Å². The quantitative estimate of drug-likeness (QED) is 0.681. The molecule has 1 aromatic carbocycles. The van der Waals surface area contributed by atoms with Crippen LogP contribution in [-0.4, -0.2) is 48.1 Å².